The minimum absolute atomic E-state index is 0.158. The molecule has 0 bridgehead atoms. The minimum Gasteiger partial charge on any atom is -0.481 e. The van der Waals surface area contributed by atoms with Gasteiger partial charge in [0.2, 0.25) is 0 Å². The molecule has 0 fully saturated rings. The number of carboxylic acid groups (broad SMARTS) is 1. The first kappa shape index (κ1) is 15.4. The number of nitrogens with zero attached hydrogens (tertiary/aromatic N) is 1. The van der Waals surface area contributed by atoms with Crippen LogP contribution in [0.15, 0.2) is 0 Å². The molecule has 6 heteroatoms. The van der Waals surface area contributed by atoms with E-state index in [1.165, 1.54) is 6.26 Å². The second kappa shape index (κ2) is 6.85. The molecule has 0 aromatic rings. The molecule has 96 valence electrons. The number of rotatable bonds is 8. The Labute approximate surface area is 97.4 Å². The number of hydrogen-bond acceptors (Lipinski definition) is 4. The average Bonchev–Trinajstić information content (AvgIpc) is 2.13. The zero-order chi connectivity index (χ0) is 12.8. The molecule has 0 aliphatic rings. The summed E-state index contributed by atoms with van der Waals surface area (Å²) < 4.78 is 21.8. The van der Waals surface area contributed by atoms with Gasteiger partial charge in [-0.3, -0.25) is 4.79 Å². The van der Waals surface area contributed by atoms with Crippen LogP contribution in [0.5, 0.6) is 0 Å². The molecule has 0 aromatic carbocycles. The number of sulfone groups is 1. The van der Waals surface area contributed by atoms with E-state index in [2.05, 4.69) is 0 Å². The van der Waals surface area contributed by atoms with Crippen LogP contribution in [0.25, 0.3) is 0 Å². The van der Waals surface area contributed by atoms with Crippen LogP contribution in [-0.2, 0) is 14.6 Å². The predicted octanol–water partition coefficient (Wildman–Crippen LogP) is 0.464. The zero-order valence-corrected chi connectivity index (χ0v) is 11.0. The Morgan fingerprint density at radius 2 is 2.00 bits per heavy atom. The molecule has 1 atom stereocenters. The van der Waals surface area contributed by atoms with Gasteiger partial charge in [0.1, 0.15) is 9.84 Å². The van der Waals surface area contributed by atoms with Crippen LogP contribution in [0.3, 0.4) is 0 Å². The maximum Gasteiger partial charge on any atom is 0.307 e. The summed E-state index contributed by atoms with van der Waals surface area (Å²) in [6.07, 6.45) is 1.77. The molecule has 0 spiro atoms. The van der Waals surface area contributed by atoms with Crippen LogP contribution in [0, 0.1) is 5.92 Å². The smallest absolute Gasteiger partial charge is 0.307 e. The van der Waals surface area contributed by atoms with Crippen molar-refractivity contribution in [2.45, 2.75) is 20.3 Å². The normalized spacial score (nSPS) is 14.0. The van der Waals surface area contributed by atoms with Crippen molar-refractivity contribution in [2.75, 3.05) is 31.6 Å². The topological polar surface area (TPSA) is 74.7 Å². The quantitative estimate of drug-likeness (QED) is 0.678. The van der Waals surface area contributed by atoms with Gasteiger partial charge in [-0.05, 0) is 19.5 Å². The third-order valence-electron chi connectivity index (χ3n) is 2.39. The van der Waals surface area contributed by atoms with Gasteiger partial charge in [-0.25, -0.2) is 8.42 Å². The molecule has 16 heavy (non-hydrogen) atoms. The maximum atomic E-state index is 10.9. The lowest BCUT2D eigenvalue weighted by molar-refractivity contribution is -0.141. The molecule has 0 aromatic heterocycles. The van der Waals surface area contributed by atoms with E-state index < -0.39 is 21.7 Å². The monoisotopic (exact) mass is 251 g/mol. The molecule has 0 radical (unpaired) electrons. The van der Waals surface area contributed by atoms with Gasteiger partial charge in [0.05, 0.1) is 11.7 Å². The largest absolute Gasteiger partial charge is 0.481 e. The Kier molecular flexibility index (Phi) is 6.59. The van der Waals surface area contributed by atoms with Crippen LogP contribution >= 0.6 is 0 Å². The molecule has 0 aliphatic carbocycles. The fraction of sp³-hybridized carbons (Fsp3) is 0.900. The third-order valence-corrected chi connectivity index (χ3v) is 3.42. The molecule has 0 amide bonds. The average molecular weight is 251 g/mol. The molecule has 0 aliphatic heterocycles. The van der Waals surface area contributed by atoms with Crippen molar-refractivity contribution in [1.82, 2.24) is 4.90 Å². The summed E-state index contributed by atoms with van der Waals surface area (Å²) in [6.45, 7) is 5.43. The summed E-state index contributed by atoms with van der Waals surface area (Å²) in [7, 11) is -2.92. The van der Waals surface area contributed by atoms with E-state index in [9.17, 15) is 13.2 Å². The first-order valence-electron chi connectivity index (χ1n) is 5.39. The van der Waals surface area contributed by atoms with Gasteiger partial charge in [-0.2, -0.15) is 0 Å². The Morgan fingerprint density at radius 1 is 1.44 bits per heavy atom. The highest BCUT2D eigenvalue weighted by Gasteiger charge is 2.15. The van der Waals surface area contributed by atoms with Crippen LogP contribution in [0.1, 0.15) is 20.3 Å². The number of carbonyl (C=O) groups is 1. The molecular formula is C10H21NO4S. The lowest BCUT2D eigenvalue weighted by Crippen LogP contribution is -2.33. The summed E-state index contributed by atoms with van der Waals surface area (Å²) in [5, 5.41) is 8.76. The van der Waals surface area contributed by atoms with Crippen molar-refractivity contribution in [1.29, 1.82) is 0 Å². The van der Waals surface area contributed by atoms with Gasteiger partial charge < -0.3 is 10.0 Å². The third kappa shape index (κ3) is 7.64. The number of aliphatic carboxylic acids is 1. The van der Waals surface area contributed by atoms with E-state index in [-0.39, 0.29) is 5.75 Å². The predicted molar refractivity (Wildman–Crippen MR) is 63.2 cm³/mol. The van der Waals surface area contributed by atoms with Crippen molar-refractivity contribution in [3.63, 3.8) is 0 Å². The summed E-state index contributed by atoms with van der Waals surface area (Å²) >= 11 is 0. The van der Waals surface area contributed by atoms with Crippen LogP contribution in [0.2, 0.25) is 0 Å². The number of carboxylic acids is 1. The van der Waals surface area contributed by atoms with E-state index in [1.807, 2.05) is 11.8 Å². The number of hydrogen-bond donors (Lipinski definition) is 1. The van der Waals surface area contributed by atoms with E-state index in [4.69, 9.17) is 5.11 Å². The highest BCUT2D eigenvalue weighted by molar-refractivity contribution is 7.90. The van der Waals surface area contributed by atoms with Crippen molar-refractivity contribution in [2.24, 2.45) is 5.92 Å². The maximum absolute atomic E-state index is 10.9. The molecule has 0 saturated heterocycles. The summed E-state index contributed by atoms with van der Waals surface area (Å²) in [4.78, 5) is 12.6. The van der Waals surface area contributed by atoms with E-state index >= 15 is 0 Å². The van der Waals surface area contributed by atoms with Gasteiger partial charge in [0.15, 0.2) is 0 Å². The van der Waals surface area contributed by atoms with Gasteiger partial charge in [-0.15, -0.1) is 0 Å². The fourth-order valence-electron chi connectivity index (χ4n) is 1.39. The molecular weight excluding hydrogens is 230 g/mol. The molecule has 0 heterocycles. The first-order chi connectivity index (χ1) is 7.26. The Balaban J connectivity index is 3.97. The Morgan fingerprint density at radius 3 is 2.38 bits per heavy atom. The molecule has 1 N–H and O–H groups in total. The molecule has 1 unspecified atom stereocenters. The van der Waals surface area contributed by atoms with Gasteiger partial charge in [-0.1, -0.05) is 13.8 Å². The van der Waals surface area contributed by atoms with Crippen LogP contribution in [0.4, 0.5) is 0 Å². The lowest BCUT2D eigenvalue weighted by atomic mass is 10.1. The van der Waals surface area contributed by atoms with Crippen molar-refractivity contribution in [3.8, 4) is 0 Å². The van der Waals surface area contributed by atoms with E-state index in [0.717, 1.165) is 6.54 Å². The van der Waals surface area contributed by atoms with Gasteiger partial charge in [0.25, 0.3) is 0 Å². The van der Waals surface area contributed by atoms with Crippen molar-refractivity contribution >= 4 is 15.8 Å². The van der Waals surface area contributed by atoms with E-state index in [1.54, 1.807) is 6.92 Å². The lowest BCUT2D eigenvalue weighted by Gasteiger charge is -2.22. The molecule has 5 nitrogen and oxygen atoms in total. The standard InChI is InChI=1S/C10H21NO4S/c1-4-11(8-9(2)10(12)13)6-5-7-16(3,14)15/h9H,4-8H2,1-3H3,(H,12,13). The summed E-state index contributed by atoms with van der Waals surface area (Å²) in [5.41, 5.74) is 0. The summed E-state index contributed by atoms with van der Waals surface area (Å²) in [6, 6.07) is 0. The fourth-order valence-corrected chi connectivity index (χ4v) is 2.05. The Hall–Kier alpha value is -0.620. The first-order valence-corrected chi connectivity index (χ1v) is 7.45. The van der Waals surface area contributed by atoms with Crippen LogP contribution in [-0.4, -0.2) is 56.0 Å². The van der Waals surface area contributed by atoms with Gasteiger partial charge in [0, 0.05) is 12.8 Å². The molecule has 0 saturated carbocycles. The zero-order valence-electron chi connectivity index (χ0n) is 10.1. The Bertz CT molecular complexity index is 313. The van der Waals surface area contributed by atoms with E-state index in [0.29, 0.717) is 19.5 Å². The SMILES string of the molecule is CCN(CCCS(C)(=O)=O)CC(C)C(=O)O. The molecule has 0 rings (SSSR count). The van der Waals surface area contributed by atoms with Crippen molar-refractivity contribution in [3.05, 3.63) is 0 Å². The van der Waals surface area contributed by atoms with Crippen LogP contribution < -0.4 is 0 Å². The highest BCUT2D eigenvalue weighted by atomic mass is 32.2. The minimum atomic E-state index is -2.92. The highest BCUT2D eigenvalue weighted by Crippen LogP contribution is 2.02. The second-order valence-corrected chi connectivity index (χ2v) is 6.38. The van der Waals surface area contributed by atoms with Gasteiger partial charge >= 0.3 is 5.97 Å². The second-order valence-electron chi connectivity index (χ2n) is 4.12. The van der Waals surface area contributed by atoms with Crippen molar-refractivity contribution < 1.29 is 18.3 Å². The summed E-state index contributed by atoms with van der Waals surface area (Å²) in [5.74, 6) is -1.08.